The standard InChI is InChI=1S/C9H10ClNO2/c1-5-2-6(8(12)4-11)3-7(10)9(5)13/h2-3,13H,4,11H2,1H3. The fourth-order valence-electron chi connectivity index (χ4n) is 1.02. The molecule has 0 atom stereocenters. The molecule has 0 unspecified atom stereocenters. The first-order chi connectivity index (χ1) is 6.06. The molecule has 0 aliphatic heterocycles. The van der Waals surface area contributed by atoms with Crippen molar-refractivity contribution >= 4 is 17.4 Å². The molecule has 13 heavy (non-hydrogen) atoms. The van der Waals surface area contributed by atoms with Crippen molar-refractivity contribution in [2.75, 3.05) is 6.54 Å². The second-order valence-electron chi connectivity index (χ2n) is 2.75. The topological polar surface area (TPSA) is 63.3 Å². The van der Waals surface area contributed by atoms with Gasteiger partial charge >= 0.3 is 0 Å². The normalized spacial score (nSPS) is 10.1. The molecular weight excluding hydrogens is 190 g/mol. The first-order valence-corrected chi connectivity index (χ1v) is 4.16. The Morgan fingerprint density at radius 1 is 1.62 bits per heavy atom. The molecule has 0 aliphatic carbocycles. The molecule has 70 valence electrons. The third-order valence-electron chi connectivity index (χ3n) is 1.76. The molecule has 0 spiro atoms. The maximum atomic E-state index is 11.2. The summed E-state index contributed by atoms with van der Waals surface area (Å²) in [7, 11) is 0. The van der Waals surface area contributed by atoms with E-state index < -0.39 is 0 Å². The minimum Gasteiger partial charge on any atom is -0.506 e. The van der Waals surface area contributed by atoms with Crippen molar-refractivity contribution in [3.05, 3.63) is 28.3 Å². The van der Waals surface area contributed by atoms with Gasteiger partial charge in [0.2, 0.25) is 0 Å². The van der Waals surface area contributed by atoms with E-state index >= 15 is 0 Å². The van der Waals surface area contributed by atoms with Crippen molar-refractivity contribution in [1.29, 1.82) is 0 Å². The van der Waals surface area contributed by atoms with E-state index in [1.165, 1.54) is 6.07 Å². The summed E-state index contributed by atoms with van der Waals surface area (Å²) in [5, 5.41) is 9.49. The molecule has 1 rings (SSSR count). The van der Waals surface area contributed by atoms with Crippen molar-refractivity contribution in [2.24, 2.45) is 5.73 Å². The van der Waals surface area contributed by atoms with Gasteiger partial charge < -0.3 is 10.8 Å². The van der Waals surface area contributed by atoms with Gasteiger partial charge in [-0.3, -0.25) is 4.79 Å². The quantitative estimate of drug-likeness (QED) is 0.710. The molecule has 3 N–H and O–H groups in total. The van der Waals surface area contributed by atoms with Crippen LogP contribution < -0.4 is 5.73 Å². The Hall–Kier alpha value is -1.06. The number of hydrogen-bond acceptors (Lipinski definition) is 3. The summed E-state index contributed by atoms with van der Waals surface area (Å²) in [4.78, 5) is 11.2. The second kappa shape index (κ2) is 3.77. The number of benzene rings is 1. The van der Waals surface area contributed by atoms with Crippen LogP contribution in [0.5, 0.6) is 5.75 Å². The Morgan fingerprint density at radius 2 is 2.23 bits per heavy atom. The van der Waals surface area contributed by atoms with Crippen LogP contribution in [-0.4, -0.2) is 17.4 Å². The van der Waals surface area contributed by atoms with Gasteiger partial charge in [-0.05, 0) is 24.6 Å². The molecule has 0 saturated heterocycles. The van der Waals surface area contributed by atoms with E-state index in [4.69, 9.17) is 17.3 Å². The lowest BCUT2D eigenvalue weighted by Crippen LogP contribution is -2.13. The van der Waals surface area contributed by atoms with Crippen LogP contribution >= 0.6 is 11.6 Å². The molecule has 1 aromatic rings. The smallest absolute Gasteiger partial charge is 0.176 e. The van der Waals surface area contributed by atoms with Gasteiger partial charge in [0.15, 0.2) is 5.78 Å². The zero-order chi connectivity index (χ0) is 10.0. The minimum absolute atomic E-state index is 0.00948. The van der Waals surface area contributed by atoms with Crippen molar-refractivity contribution in [3.8, 4) is 5.75 Å². The predicted octanol–water partition coefficient (Wildman–Crippen LogP) is 1.50. The molecule has 3 nitrogen and oxygen atoms in total. The minimum atomic E-state index is -0.190. The van der Waals surface area contributed by atoms with Crippen LogP contribution in [0.4, 0.5) is 0 Å². The molecule has 4 heteroatoms. The first kappa shape index (κ1) is 10.0. The zero-order valence-corrected chi connectivity index (χ0v) is 7.93. The molecule has 1 aromatic carbocycles. The Balaban J connectivity index is 3.20. The van der Waals surface area contributed by atoms with E-state index in [-0.39, 0.29) is 23.1 Å². The summed E-state index contributed by atoms with van der Waals surface area (Å²) >= 11 is 5.68. The molecule has 0 heterocycles. The number of Topliss-reactive ketones (excluding diaryl/α,β-unsaturated/α-hetero) is 1. The van der Waals surface area contributed by atoms with E-state index in [1.54, 1.807) is 13.0 Å². The number of aromatic hydroxyl groups is 1. The highest BCUT2D eigenvalue weighted by Gasteiger charge is 2.09. The molecular formula is C9H10ClNO2. The molecule has 0 aliphatic rings. The van der Waals surface area contributed by atoms with E-state index in [1.807, 2.05) is 0 Å². The molecule has 0 saturated carbocycles. The SMILES string of the molecule is Cc1cc(C(=O)CN)cc(Cl)c1O. The van der Waals surface area contributed by atoms with E-state index in [2.05, 4.69) is 0 Å². The van der Waals surface area contributed by atoms with E-state index in [9.17, 15) is 9.90 Å². The highest BCUT2D eigenvalue weighted by atomic mass is 35.5. The third-order valence-corrected chi connectivity index (χ3v) is 2.05. The lowest BCUT2D eigenvalue weighted by molar-refractivity contribution is 0.100. The molecule has 0 fully saturated rings. The largest absolute Gasteiger partial charge is 0.506 e. The average molecular weight is 200 g/mol. The number of carbonyl (C=O) groups is 1. The number of carbonyl (C=O) groups excluding carboxylic acids is 1. The highest BCUT2D eigenvalue weighted by molar-refractivity contribution is 6.32. The Bertz CT molecular complexity index is 326. The second-order valence-corrected chi connectivity index (χ2v) is 3.16. The number of phenolic OH excluding ortho intramolecular Hbond substituents is 1. The van der Waals surface area contributed by atoms with Crippen molar-refractivity contribution in [1.82, 2.24) is 0 Å². The zero-order valence-electron chi connectivity index (χ0n) is 7.17. The summed E-state index contributed by atoms with van der Waals surface area (Å²) < 4.78 is 0. The number of aryl methyl sites for hydroxylation is 1. The predicted molar refractivity (Wildman–Crippen MR) is 51.2 cm³/mol. The molecule has 0 bridgehead atoms. The number of phenols is 1. The van der Waals surface area contributed by atoms with Crippen LogP contribution in [0.15, 0.2) is 12.1 Å². The number of halogens is 1. The Kier molecular flexibility index (Phi) is 2.90. The van der Waals surface area contributed by atoms with Crippen molar-refractivity contribution in [3.63, 3.8) is 0 Å². The third kappa shape index (κ3) is 1.99. The van der Waals surface area contributed by atoms with Gasteiger partial charge in [-0.25, -0.2) is 0 Å². The van der Waals surface area contributed by atoms with Crippen molar-refractivity contribution in [2.45, 2.75) is 6.92 Å². The summed E-state index contributed by atoms with van der Waals surface area (Å²) in [5.74, 6) is -0.180. The van der Waals surface area contributed by atoms with Gasteiger partial charge in [-0.1, -0.05) is 11.6 Å². The van der Waals surface area contributed by atoms with Crippen LogP contribution in [0.25, 0.3) is 0 Å². The van der Waals surface area contributed by atoms with Gasteiger partial charge in [0.05, 0.1) is 11.6 Å². The molecule has 0 radical (unpaired) electrons. The summed E-state index contributed by atoms with van der Waals surface area (Å²) in [6.07, 6.45) is 0. The lowest BCUT2D eigenvalue weighted by atomic mass is 10.1. The number of rotatable bonds is 2. The Morgan fingerprint density at radius 3 is 2.69 bits per heavy atom. The Labute approximate surface area is 81.1 Å². The summed E-state index contributed by atoms with van der Waals surface area (Å²) in [6.45, 7) is 1.62. The van der Waals surface area contributed by atoms with E-state index in [0.717, 1.165) is 0 Å². The molecule has 0 amide bonds. The van der Waals surface area contributed by atoms with Gasteiger partial charge in [0.1, 0.15) is 5.75 Å². The number of hydrogen-bond donors (Lipinski definition) is 2. The van der Waals surface area contributed by atoms with Crippen LogP contribution in [0, 0.1) is 6.92 Å². The average Bonchev–Trinajstić information content (AvgIpc) is 2.12. The maximum absolute atomic E-state index is 11.2. The van der Waals surface area contributed by atoms with Crippen LogP contribution in [0.3, 0.4) is 0 Å². The molecule has 0 aromatic heterocycles. The number of nitrogens with two attached hydrogens (primary N) is 1. The maximum Gasteiger partial charge on any atom is 0.176 e. The van der Waals surface area contributed by atoms with Gasteiger partial charge in [0.25, 0.3) is 0 Å². The summed E-state index contributed by atoms with van der Waals surface area (Å²) in [6, 6.07) is 2.98. The fraction of sp³-hybridized carbons (Fsp3) is 0.222. The highest BCUT2D eigenvalue weighted by Crippen LogP contribution is 2.28. The van der Waals surface area contributed by atoms with E-state index in [0.29, 0.717) is 11.1 Å². The van der Waals surface area contributed by atoms with Crippen LogP contribution in [0.1, 0.15) is 15.9 Å². The van der Waals surface area contributed by atoms with Gasteiger partial charge in [0, 0.05) is 5.56 Å². The summed E-state index contributed by atoms with van der Waals surface area (Å²) in [5.41, 5.74) is 6.19. The van der Waals surface area contributed by atoms with Crippen LogP contribution in [0.2, 0.25) is 5.02 Å². The van der Waals surface area contributed by atoms with Crippen LogP contribution in [-0.2, 0) is 0 Å². The fourth-order valence-corrected chi connectivity index (χ4v) is 1.28. The monoisotopic (exact) mass is 199 g/mol. The first-order valence-electron chi connectivity index (χ1n) is 3.78. The van der Waals surface area contributed by atoms with Gasteiger partial charge in [-0.2, -0.15) is 0 Å². The van der Waals surface area contributed by atoms with Crippen molar-refractivity contribution < 1.29 is 9.90 Å². The lowest BCUT2D eigenvalue weighted by Gasteiger charge is -2.04. The number of ketones is 1. The van der Waals surface area contributed by atoms with Gasteiger partial charge in [-0.15, -0.1) is 0 Å².